The van der Waals surface area contributed by atoms with E-state index in [2.05, 4.69) is 4.99 Å². The monoisotopic (exact) mass is 239 g/mol. The van der Waals surface area contributed by atoms with E-state index in [4.69, 9.17) is 4.74 Å². The number of aliphatic imine (C=N–C) groups is 1. The van der Waals surface area contributed by atoms with E-state index in [1.165, 1.54) is 12.1 Å². The maximum atomic E-state index is 13.7. The quantitative estimate of drug-likeness (QED) is 0.792. The van der Waals surface area contributed by atoms with Crippen LogP contribution in [-0.4, -0.2) is 12.5 Å². The molecule has 2 nitrogen and oxygen atoms in total. The van der Waals surface area contributed by atoms with Crippen molar-refractivity contribution >= 4 is 5.90 Å². The molecule has 0 fully saturated rings. The topological polar surface area (TPSA) is 21.6 Å². The molecule has 1 atom stereocenters. The van der Waals surface area contributed by atoms with Crippen LogP contribution in [0.5, 0.6) is 0 Å². The summed E-state index contributed by atoms with van der Waals surface area (Å²) in [6, 6.07) is 3.57. The Morgan fingerprint density at radius 2 is 2.18 bits per heavy atom. The van der Waals surface area contributed by atoms with Gasteiger partial charge in [-0.3, -0.25) is 0 Å². The zero-order chi connectivity index (χ0) is 12.5. The largest absolute Gasteiger partial charge is 0.478 e. The number of ether oxygens (including phenoxy) is 1. The average molecular weight is 239 g/mol. The highest BCUT2D eigenvalue weighted by molar-refractivity contribution is 5.78. The second-order valence-electron chi connectivity index (χ2n) is 4.44. The van der Waals surface area contributed by atoms with Crippen molar-refractivity contribution in [2.24, 2.45) is 4.99 Å². The van der Waals surface area contributed by atoms with E-state index in [1.54, 1.807) is 6.92 Å². The molecule has 1 heterocycles. The maximum absolute atomic E-state index is 13.7. The molecule has 4 heteroatoms. The Labute approximate surface area is 99.3 Å². The molecule has 0 radical (unpaired) electrons. The molecule has 1 aliphatic rings. The van der Waals surface area contributed by atoms with Gasteiger partial charge in [0.1, 0.15) is 23.8 Å². The molecule has 0 N–H and O–H groups in total. The van der Waals surface area contributed by atoms with Crippen molar-refractivity contribution in [1.82, 2.24) is 0 Å². The number of hydrogen-bond donors (Lipinski definition) is 0. The third-order valence-corrected chi connectivity index (χ3v) is 2.87. The predicted octanol–water partition coefficient (Wildman–Crippen LogP) is 3.41. The lowest BCUT2D eigenvalue weighted by Crippen LogP contribution is -2.22. The summed E-state index contributed by atoms with van der Waals surface area (Å²) in [4.78, 5) is 4.40. The molecule has 1 aromatic carbocycles. The first-order chi connectivity index (χ1) is 8.05. The van der Waals surface area contributed by atoms with Crippen LogP contribution >= 0.6 is 0 Å². The molecule has 0 saturated heterocycles. The maximum Gasteiger partial charge on any atom is 0.184 e. The lowest BCUT2D eigenvalue weighted by atomic mass is 9.93. The fourth-order valence-electron chi connectivity index (χ4n) is 1.97. The van der Waals surface area contributed by atoms with Crippen LogP contribution in [0.25, 0.3) is 0 Å². The Bertz CT molecular complexity index is 459. The number of hydrogen-bond acceptors (Lipinski definition) is 2. The number of halogens is 2. The zero-order valence-electron chi connectivity index (χ0n) is 9.96. The first-order valence-corrected chi connectivity index (χ1v) is 5.72. The molecule has 0 bridgehead atoms. The van der Waals surface area contributed by atoms with Crippen LogP contribution in [-0.2, 0) is 10.3 Å². The molecular formula is C13H15F2NO. The molecule has 17 heavy (non-hydrogen) atoms. The van der Waals surface area contributed by atoms with Gasteiger partial charge in [-0.2, -0.15) is 0 Å². The summed E-state index contributed by atoms with van der Waals surface area (Å²) in [6.45, 7) is 4.14. The van der Waals surface area contributed by atoms with E-state index in [9.17, 15) is 8.78 Å². The van der Waals surface area contributed by atoms with Crippen LogP contribution in [0.3, 0.4) is 0 Å². The minimum absolute atomic E-state index is 0.310. The van der Waals surface area contributed by atoms with Crippen LogP contribution in [0, 0.1) is 11.6 Å². The van der Waals surface area contributed by atoms with Crippen LogP contribution < -0.4 is 0 Å². The van der Waals surface area contributed by atoms with Crippen molar-refractivity contribution in [3.63, 3.8) is 0 Å². The highest BCUT2D eigenvalue weighted by Gasteiger charge is 2.35. The molecule has 0 amide bonds. The van der Waals surface area contributed by atoms with Crippen molar-refractivity contribution in [3.05, 3.63) is 35.4 Å². The molecule has 92 valence electrons. The van der Waals surface area contributed by atoms with Gasteiger partial charge in [-0.05, 0) is 19.4 Å². The summed E-state index contributed by atoms with van der Waals surface area (Å²) < 4.78 is 32.0. The Morgan fingerprint density at radius 1 is 1.41 bits per heavy atom. The van der Waals surface area contributed by atoms with Gasteiger partial charge in [0.25, 0.3) is 0 Å². The number of nitrogens with zero attached hydrogens (tertiary/aromatic N) is 1. The summed E-state index contributed by atoms with van der Waals surface area (Å²) in [7, 11) is 0. The predicted molar refractivity (Wildman–Crippen MR) is 62.0 cm³/mol. The van der Waals surface area contributed by atoms with Crippen LogP contribution in [0.2, 0.25) is 0 Å². The minimum atomic E-state index is -0.734. The summed E-state index contributed by atoms with van der Waals surface area (Å²) in [6.07, 6.45) is 1.68. The first-order valence-electron chi connectivity index (χ1n) is 5.72. The van der Waals surface area contributed by atoms with Crippen molar-refractivity contribution in [2.75, 3.05) is 6.61 Å². The Balaban J connectivity index is 2.33. The van der Waals surface area contributed by atoms with E-state index in [0.29, 0.717) is 18.1 Å². The highest BCUT2D eigenvalue weighted by Crippen LogP contribution is 2.33. The SMILES string of the molecule is CCCC1=NC(C)(c2ccc(F)cc2F)CO1. The van der Waals surface area contributed by atoms with Gasteiger partial charge < -0.3 is 4.74 Å². The zero-order valence-corrected chi connectivity index (χ0v) is 9.96. The van der Waals surface area contributed by atoms with E-state index in [1.807, 2.05) is 6.92 Å². The standard InChI is InChI=1S/C13H15F2NO/c1-3-4-12-16-13(2,8-17-12)10-6-5-9(14)7-11(10)15/h5-7H,3-4,8H2,1-2H3. The van der Waals surface area contributed by atoms with Crippen LogP contribution in [0.1, 0.15) is 32.3 Å². The van der Waals surface area contributed by atoms with Crippen molar-refractivity contribution in [3.8, 4) is 0 Å². The van der Waals surface area contributed by atoms with E-state index >= 15 is 0 Å². The molecule has 1 aliphatic heterocycles. The van der Waals surface area contributed by atoms with Gasteiger partial charge in [0.2, 0.25) is 0 Å². The van der Waals surface area contributed by atoms with E-state index in [0.717, 1.165) is 18.9 Å². The molecule has 0 spiro atoms. The second kappa shape index (κ2) is 4.43. The Hall–Kier alpha value is -1.45. The van der Waals surface area contributed by atoms with Crippen LogP contribution in [0.15, 0.2) is 23.2 Å². The van der Waals surface area contributed by atoms with Gasteiger partial charge in [-0.25, -0.2) is 13.8 Å². The van der Waals surface area contributed by atoms with Crippen molar-refractivity contribution < 1.29 is 13.5 Å². The van der Waals surface area contributed by atoms with Gasteiger partial charge in [-0.15, -0.1) is 0 Å². The van der Waals surface area contributed by atoms with Crippen molar-refractivity contribution in [2.45, 2.75) is 32.2 Å². The fourth-order valence-corrected chi connectivity index (χ4v) is 1.97. The molecule has 0 aliphatic carbocycles. The Morgan fingerprint density at radius 3 is 2.82 bits per heavy atom. The van der Waals surface area contributed by atoms with E-state index < -0.39 is 17.2 Å². The average Bonchev–Trinajstić information content (AvgIpc) is 2.61. The van der Waals surface area contributed by atoms with Crippen molar-refractivity contribution in [1.29, 1.82) is 0 Å². The summed E-state index contributed by atoms with van der Waals surface area (Å²) in [5.74, 6) is -0.497. The van der Waals surface area contributed by atoms with Crippen LogP contribution in [0.4, 0.5) is 8.78 Å². The minimum Gasteiger partial charge on any atom is -0.478 e. The van der Waals surface area contributed by atoms with E-state index in [-0.39, 0.29) is 0 Å². The highest BCUT2D eigenvalue weighted by atomic mass is 19.1. The summed E-state index contributed by atoms with van der Waals surface area (Å²) in [5, 5.41) is 0. The normalized spacial score (nSPS) is 23.4. The molecule has 2 rings (SSSR count). The molecule has 1 aromatic rings. The smallest absolute Gasteiger partial charge is 0.184 e. The second-order valence-corrected chi connectivity index (χ2v) is 4.44. The number of rotatable bonds is 3. The summed E-state index contributed by atoms with van der Waals surface area (Å²) >= 11 is 0. The third-order valence-electron chi connectivity index (χ3n) is 2.87. The first kappa shape index (κ1) is 12.0. The lowest BCUT2D eigenvalue weighted by Gasteiger charge is -2.19. The van der Waals surface area contributed by atoms with Gasteiger partial charge in [-0.1, -0.05) is 13.0 Å². The van der Waals surface area contributed by atoms with Gasteiger partial charge in [0, 0.05) is 18.1 Å². The fraction of sp³-hybridized carbons (Fsp3) is 0.462. The molecule has 0 aromatic heterocycles. The van der Waals surface area contributed by atoms with Gasteiger partial charge >= 0.3 is 0 Å². The lowest BCUT2D eigenvalue weighted by molar-refractivity contribution is 0.260. The number of benzene rings is 1. The van der Waals surface area contributed by atoms with Gasteiger partial charge in [0.05, 0.1) is 0 Å². The Kier molecular flexibility index (Phi) is 3.13. The van der Waals surface area contributed by atoms with Gasteiger partial charge in [0.15, 0.2) is 5.90 Å². The molecular weight excluding hydrogens is 224 g/mol. The third kappa shape index (κ3) is 2.30. The molecule has 1 unspecified atom stereocenters. The summed E-state index contributed by atoms with van der Waals surface area (Å²) in [5.41, 5.74) is -0.354. The molecule has 0 saturated carbocycles.